The van der Waals surface area contributed by atoms with Crippen LogP contribution in [0.25, 0.3) is 11.1 Å². The van der Waals surface area contributed by atoms with E-state index in [9.17, 15) is 18.8 Å². The van der Waals surface area contributed by atoms with Crippen molar-refractivity contribution in [2.45, 2.75) is 6.04 Å². The van der Waals surface area contributed by atoms with E-state index >= 15 is 0 Å². The minimum absolute atomic E-state index is 0.0481. The fraction of sp³-hybridized carbons (Fsp3) is 0.160. The lowest BCUT2D eigenvalue weighted by Crippen LogP contribution is -2.59. The van der Waals surface area contributed by atoms with E-state index in [2.05, 4.69) is 5.32 Å². The molecule has 0 radical (unpaired) electrons. The lowest BCUT2D eigenvalue weighted by molar-refractivity contribution is -0.121. The number of carbonyl (C=O) groups is 3. The number of anilines is 1. The molecule has 1 saturated heterocycles. The van der Waals surface area contributed by atoms with Crippen molar-refractivity contribution in [2.75, 3.05) is 25.0 Å². The fourth-order valence-corrected chi connectivity index (χ4v) is 4.25. The second-order valence-corrected chi connectivity index (χ2v) is 7.89. The largest absolute Gasteiger partial charge is 0.334 e. The maximum absolute atomic E-state index is 13.5. The van der Waals surface area contributed by atoms with Crippen molar-refractivity contribution < 1.29 is 18.8 Å². The SMILES string of the molecule is O=C1Nc2ccc(-c3ccccc3)cc2C(=O)N2CCN(C(=O)c3cccc(F)c3)C[C@H]12. The van der Waals surface area contributed by atoms with E-state index in [4.69, 9.17) is 0 Å². The monoisotopic (exact) mass is 429 g/mol. The summed E-state index contributed by atoms with van der Waals surface area (Å²) in [6, 6.07) is 19.7. The summed E-state index contributed by atoms with van der Waals surface area (Å²) in [6.45, 7) is 0.526. The van der Waals surface area contributed by atoms with Crippen LogP contribution in [-0.4, -0.2) is 53.2 Å². The van der Waals surface area contributed by atoms with Crippen molar-refractivity contribution in [2.24, 2.45) is 0 Å². The number of halogens is 1. The molecule has 1 N–H and O–H groups in total. The van der Waals surface area contributed by atoms with Gasteiger partial charge in [-0.1, -0.05) is 42.5 Å². The lowest BCUT2D eigenvalue weighted by atomic mass is 10.0. The molecule has 160 valence electrons. The molecule has 1 fully saturated rings. The van der Waals surface area contributed by atoms with Gasteiger partial charge in [0.15, 0.2) is 0 Å². The molecule has 2 aliphatic heterocycles. The molecule has 32 heavy (non-hydrogen) atoms. The molecule has 3 aromatic carbocycles. The van der Waals surface area contributed by atoms with Crippen LogP contribution in [0, 0.1) is 5.82 Å². The predicted molar refractivity (Wildman–Crippen MR) is 118 cm³/mol. The summed E-state index contributed by atoms with van der Waals surface area (Å²) in [5, 5.41) is 2.84. The number of rotatable bonds is 2. The van der Waals surface area contributed by atoms with Crippen molar-refractivity contribution in [3.05, 3.63) is 89.7 Å². The lowest BCUT2D eigenvalue weighted by Gasteiger charge is -2.39. The van der Waals surface area contributed by atoms with Gasteiger partial charge in [0, 0.05) is 18.7 Å². The first-order chi connectivity index (χ1) is 15.5. The first kappa shape index (κ1) is 19.9. The molecule has 0 saturated carbocycles. The van der Waals surface area contributed by atoms with Crippen LogP contribution >= 0.6 is 0 Å². The highest BCUT2D eigenvalue weighted by Crippen LogP contribution is 2.30. The quantitative estimate of drug-likeness (QED) is 0.679. The van der Waals surface area contributed by atoms with Gasteiger partial charge < -0.3 is 15.1 Å². The van der Waals surface area contributed by atoms with Gasteiger partial charge in [-0.25, -0.2) is 4.39 Å². The second kappa shape index (κ2) is 7.92. The number of hydrogen-bond acceptors (Lipinski definition) is 3. The molecule has 5 rings (SSSR count). The topological polar surface area (TPSA) is 69.7 Å². The van der Waals surface area contributed by atoms with Gasteiger partial charge in [-0.15, -0.1) is 0 Å². The maximum Gasteiger partial charge on any atom is 0.256 e. The summed E-state index contributed by atoms with van der Waals surface area (Å²) in [5.41, 5.74) is 2.95. The molecule has 2 aliphatic rings. The number of nitrogens with zero attached hydrogens (tertiary/aromatic N) is 2. The van der Waals surface area contributed by atoms with Crippen LogP contribution in [0.15, 0.2) is 72.8 Å². The van der Waals surface area contributed by atoms with Crippen molar-refractivity contribution in [1.29, 1.82) is 0 Å². The highest BCUT2D eigenvalue weighted by atomic mass is 19.1. The van der Waals surface area contributed by atoms with Crippen molar-refractivity contribution in [1.82, 2.24) is 9.80 Å². The maximum atomic E-state index is 13.5. The zero-order chi connectivity index (χ0) is 22.2. The van der Waals surface area contributed by atoms with Gasteiger partial charge >= 0.3 is 0 Å². The van der Waals surface area contributed by atoms with Crippen LogP contribution in [-0.2, 0) is 4.79 Å². The van der Waals surface area contributed by atoms with Gasteiger partial charge in [0.25, 0.3) is 11.8 Å². The molecule has 0 bridgehead atoms. The highest BCUT2D eigenvalue weighted by molar-refractivity contribution is 6.11. The number of hydrogen-bond donors (Lipinski definition) is 1. The summed E-state index contributed by atoms with van der Waals surface area (Å²) < 4.78 is 13.5. The average Bonchev–Trinajstić information content (AvgIpc) is 2.93. The van der Waals surface area contributed by atoms with Crippen LogP contribution in [0.2, 0.25) is 0 Å². The predicted octanol–water partition coefficient (Wildman–Crippen LogP) is 3.41. The van der Waals surface area contributed by atoms with Gasteiger partial charge in [0.2, 0.25) is 5.91 Å². The summed E-state index contributed by atoms with van der Waals surface area (Å²) in [6.07, 6.45) is 0. The number of carbonyl (C=O) groups excluding carboxylic acids is 3. The minimum atomic E-state index is -0.818. The molecular weight excluding hydrogens is 409 g/mol. The standard InChI is InChI=1S/C25H20FN3O3/c26-19-8-4-7-18(13-19)24(31)28-11-12-29-22(15-28)23(30)27-21-10-9-17(14-20(21)25(29)32)16-5-2-1-3-6-16/h1-10,13-14,22H,11-12,15H2,(H,27,30)/t22-/m1/s1. The molecule has 0 aliphatic carbocycles. The number of amides is 3. The van der Waals surface area contributed by atoms with Crippen molar-refractivity contribution >= 4 is 23.4 Å². The molecule has 0 aromatic heterocycles. The van der Waals surface area contributed by atoms with E-state index in [-0.39, 0.29) is 42.9 Å². The van der Waals surface area contributed by atoms with E-state index < -0.39 is 11.9 Å². The normalized spacial score (nSPS) is 17.8. The zero-order valence-electron chi connectivity index (χ0n) is 17.1. The number of fused-ring (bicyclic) bond motifs is 2. The Kier molecular flexibility index (Phi) is 4.93. The first-order valence-electron chi connectivity index (χ1n) is 10.4. The average molecular weight is 429 g/mol. The van der Waals surface area contributed by atoms with E-state index in [1.165, 1.54) is 34.1 Å². The zero-order valence-corrected chi connectivity index (χ0v) is 17.1. The van der Waals surface area contributed by atoms with Crippen LogP contribution in [0.4, 0.5) is 10.1 Å². The Labute approximate surface area is 184 Å². The third-order valence-corrected chi connectivity index (χ3v) is 5.92. The Hall–Kier alpha value is -4.00. The van der Waals surface area contributed by atoms with Crippen LogP contribution in [0.5, 0.6) is 0 Å². The van der Waals surface area contributed by atoms with Crippen LogP contribution in [0.3, 0.4) is 0 Å². The number of benzene rings is 3. The van der Waals surface area contributed by atoms with E-state index in [1.54, 1.807) is 12.1 Å². The van der Waals surface area contributed by atoms with E-state index in [0.717, 1.165) is 11.1 Å². The van der Waals surface area contributed by atoms with Crippen LogP contribution < -0.4 is 5.32 Å². The molecule has 0 unspecified atom stereocenters. The number of nitrogens with one attached hydrogen (secondary N) is 1. The first-order valence-corrected chi connectivity index (χ1v) is 10.4. The summed E-state index contributed by atoms with van der Waals surface area (Å²) >= 11 is 0. The molecular formula is C25H20FN3O3. The highest BCUT2D eigenvalue weighted by Gasteiger charge is 2.40. The third kappa shape index (κ3) is 3.51. The van der Waals surface area contributed by atoms with E-state index in [1.807, 2.05) is 36.4 Å². The molecule has 1 atom stereocenters. The Morgan fingerprint density at radius 1 is 0.906 bits per heavy atom. The van der Waals surface area contributed by atoms with Gasteiger partial charge in [-0.2, -0.15) is 0 Å². The summed E-state index contributed by atoms with van der Waals surface area (Å²) in [4.78, 5) is 42.2. The van der Waals surface area contributed by atoms with Gasteiger partial charge in [-0.05, 0) is 41.5 Å². The molecule has 2 heterocycles. The molecule has 6 nitrogen and oxygen atoms in total. The van der Waals surface area contributed by atoms with Gasteiger partial charge in [-0.3, -0.25) is 14.4 Å². The minimum Gasteiger partial charge on any atom is -0.334 e. The summed E-state index contributed by atoms with van der Waals surface area (Å²) in [5.74, 6) is -1.46. The Bertz CT molecular complexity index is 1230. The Balaban J connectivity index is 1.43. The Morgan fingerprint density at radius 3 is 2.50 bits per heavy atom. The molecule has 7 heteroatoms. The second-order valence-electron chi connectivity index (χ2n) is 7.89. The molecule has 3 amide bonds. The Morgan fingerprint density at radius 2 is 1.72 bits per heavy atom. The van der Waals surface area contributed by atoms with E-state index in [0.29, 0.717) is 11.3 Å². The van der Waals surface area contributed by atoms with Crippen molar-refractivity contribution in [3.63, 3.8) is 0 Å². The molecule has 3 aromatic rings. The van der Waals surface area contributed by atoms with Gasteiger partial charge in [0.1, 0.15) is 11.9 Å². The van der Waals surface area contributed by atoms with Crippen LogP contribution in [0.1, 0.15) is 20.7 Å². The smallest absolute Gasteiger partial charge is 0.256 e. The fourth-order valence-electron chi connectivity index (χ4n) is 4.25. The van der Waals surface area contributed by atoms with Crippen molar-refractivity contribution in [3.8, 4) is 11.1 Å². The number of piperazine rings is 1. The third-order valence-electron chi connectivity index (χ3n) is 5.92. The van der Waals surface area contributed by atoms with Gasteiger partial charge in [0.05, 0.1) is 17.8 Å². The summed E-state index contributed by atoms with van der Waals surface area (Å²) in [7, 11) is 0. The molecule has 0 spiro atoms.